The van der Waals surface area contributed by atoms with Gasteiger partial charge in [0.25, 0.3) is 15.7 Å². The van der Waals surface area contributed by atoms with Gasteiger partial charge in [-0.2, -0.15) is 13.2 Å². The normalized spacial score (nSPS) is 25.5. The minimum atomic E-state index is -5.70. The molecular formula is C41H41BF4N2O10S. The molecule has 4 aromatic carbocycles. The number of hydrogen-bond acceptors (Lipinski definition) is 10. The smallest absolute Gasteiger partial charge is 0.496 e. The Bertz CT molecular complexity index is 2390. The van der Waals surface area contributed by atoms with E-state index in [1.165, 1.54) is 19.2 Å². The summed E-state index contributed by atoms with van der Waals surface area (Å²) < 4.78 is 108. The van der Waals surface area contributed by atoms with Gasteiger partial charge in [-0.1, -0.05) is 48.5 Å². The van der Waals surface area contributed by atoms with Crippen molar-refractivity contribution in [3.8, 4) is 11.5 Å². The predicted octanol–water partition coefficient (Wildman–Crippen LogP) is 5.81. The lowest BCUT2D eigenvalue weighted by Crippen LogP contribution is -2.57. The van der Waals surface area contributed by atoms with Crippen LogP contribution in [0.5, 0.6) is 11.5 Å². The zero-order chi connectivity index (χ0) is 42.3. The van der Waals surface area contributed by atoms with Gasteiger partial charge in [0, 0.05) is 11.8 Å². The van der Waals surface area contributed by atoms with Crippen LogP contribution in [0.15, 0.2) is 83.8 Å². The molecule has 2 saturated carbocycles. The van der Waals surface area contributed by atoms with Crippen LogP contribution < -0.4 is 20.1 Å². The SMILES string of the molecule is B[C@]12OCO[C@H]1C[C@H](C(=O)Nc1cccc(S(=O)(=O)C(F)(F)F)c1)[C@@H]2NC(=O)c1cc(O[C@H]2CC[C@@](C)(C(=O)OCc3cccc4ccccc34)CC2)c(F)cc1OC. The van der Waals surface area contributed by atoms with Crippen molar-refractivity contribution in [3.63, 3.8) is 0 Å². The Morgan fingerprint density at radius 2 is 1.68 bits per heavy atom. The topological polar surface area (TPSA) is 156 Å². The number of esters is 1. The molecule has 0 radical (unpaired) electrons. The molecule has 1 heterocycles. The molecule has 7 rings (SSSR count). The van der Waals surface area contributed by atoms with E-state index in [1.54, 1.807) is 7.85 Å². The van der Waals surface area contributed by atoms with Crippen molar-refractivity contribution < 1.29 is 64.0 Å². The van der Waals surface area contributed by atoms with Gasteiger partial charge in [0.15, 0.2) is 11.6 Å². The summed E-state index contributed by atoms with van der Waals surface area (Å²) in [5, 5.41) is 7.30. The summed E-state index contributed by atoms with van der Waals surface area (Å²) in [5.41, 5.74) is -7.05. The van der Waals surface area contributed by atoms with E-state index in [2.05, 4.69) is 10.6 Å². The zero-order valence-corrected chi connectivity index (χ0v) is 33.1. The fourth-order valence-electron chi connectivity index (χ4n) is 8.13. The molecule has 59 heavy (non-hydrogen) atoms. The number of anilines is 1. The molecule has 4 aromatic rings. The van der Waals surface area contributed by atoms with Crippen molar-refractivity contribution in [2.75, 3.05) is 19.2 Å². The van der Waals surface area contributed by atoms with Gasteiger partial charge in [-0.25, -0.2) is 12.8 Å². The molecule has 2 aliphatic carbocycles. The highest BCUT2D eigenvalue weighted by Crippen LogP contribution is 2.44. The van der Waals surface area contributed by atoms with Crippen LogP contribution in [0.2, 0.25) is 0 Å². The Hall–Kier alpha value is -5.20. The summed E-state index contributed by atoms with van der Waals surface area (Å²) in [7, 11) is -2.82. The maximum Gasteiger partial charge on any atom is 0.501 e. The standard InChI is InChI=1S/C41H41BF4N2O10S/c1-39(38(51)55-21-24-9-5-8-23-7-3-4-12-28(23)24)15-13-26(14-16-39)58-33-18-29(32(54-2)20-31(33)43)36(49)48-35-30(19-34-40(35,42)57-22-56-34)37(50)47-25-10-6-11-27(17-25)59(52,53)41(44,45)46/h3-12,17-18,20,26,30,34-35H,13-16,19,21-22,42H2,1-2H3,(H,47,50)(H,48,49)/t26-,30-,34-,35-,39+,40-/m0/s1. The van der Waals surface area contributed by atoms with E-state index < -0.39 is 73.0 Å². The maximum atomic E-state index is 15.5. The van der Waals surface area contributed by atoms with Gasteiger partial charge < -0.3 is 34.3 Å². The number of carbonyl (C=O) groups excluding carboxylic acids is 3. The highest BCUT2D eigenvalue weighted by Gasteiger charge is 2.59. The lowest BCUT2D eigenvalue weighted by molar-refractivity contribution is -0.159. The van der Waals surface area contributed by atoms with E-state index in [9.17, 15) is 36.0 Å². The lowest BCUT2D eigenvalue weighted by Gasteiger charge is -2.35. The van der Waals surface area contributed by atoms with Gasteiger partial charge in [-0.15, -0.1) is 0 Å². The predicted molar refractivity (Wildman–Crippen MR) is 207 cm³/mol. The quantitative estimate of drug-likeness (QED) is 0.107. The number of benzene rings is 4. The van der Waals surface area contributed by atoms with E-state index in [0.29, 0.717) is 31.7 Å². The fourth-order valence-corrected chi connectivity index (χ4v) is 8.94. The zero-order valence-electron chi connectivity index (χ0n) is 32.3. The largest absolute Gasteiger partial charge is 0.501 e. The molecule has 2 amide bonds. The molecule has 0 spiro atoms. The Morgan fingerprint density at radius 3 is 2.41 bits per heavy atom. The van der Waals surface area contributed by atoms with Crippen LogP contribution in [-0.2, 0) is 40.2 Å². The second-order valence-corrected chi connectivity index (χ2v) is 17.4. The third-order valence-electron chi connectivity index (χ3n) is 11.7. The van der Waals surface area contributed by atoms with E-state index >= 15 is 4.39 Å². The van der Waals surface area contributed by atoms with Gasteiger partial charge in [0.05, 0.1) is 52.7 Å². The van der Waals surface area contributed by atoms with Crippen molar-refractivity contribution in [3.05, 3.63) is 95.8 Å². The van der Waals surface area contributed by atoms with E-state index in [4.69, 9.17) is 23.7 Å². The summed E-state index contributed by atoms with van der Waals surface area (Å²) in [6, 6.07) is 18.5. The molecule has 4 atom stereocenters. The Balaban J connectivity index is 1.03. The van der Waals surface area contributed by atoms with Crippen molar-refractivity contribution in [1.29, 1.82) is 0 Å². The molecule has 18 heteroatoms. The van der Waals surface area contributed by atoms with Crippen molar-refractivity contribution in [2.24, 2.45) is 11.3 Å². The molecular weight excluding hydrogens is 799 g/mol. The number of methoxy groups -OCH3 is 1. The molecule has 0 bridgehead atoms. The summed E-state index contributed by atoms with van der Waals surface area (Å²) in [6.45, 7) is 1.81. The summed E-state index contributed by atoms with van der Waals surface area (Å²) in [4.78, 5) is 40.0. The number of fused-ring (bicyclic) bond motifs is 2. The lowest BCUT2D eigenvalue weighted by atomic mass is 9.74. The average molecular weight is 841 g/mol. The number of halogens is 4. The molecule has 0 aromatic heterocycles. The monoisotopic (exact) mass is 840 g/mol. The van der Waals surface area contributed by atoms with E-state index in [1.807, 2.05) is 49.4 Å². The Labute approximate surface area is 338 Å². The molecule has 312 valence electrons. The van der Waals surface area contributed by atoms with Crippen molar-refractivity contribution >= 4 is 51.9 Å². The van der Waals surface area contributed by atoms with E-state index in [0.717, 1.165) is 34.5 Å². The minimum absolute atomic E-state index is 0.0278. The number of sulfone groups is 1. The van der Waals surface area contributed by atoms with Gasteiger partial charge in [0.1, 0.15) is 27.0 Å². The third kappa shape index (κ3) is 8.22. The highest BCUT2D eigenvalue weighted by molar-refractivity contribution is 7.92. The first-order valence-electron chi connectivity index (χ1n) is 18.9. The van der Waals surface area contributed by atoms with Crippen molar-refractivity contribution in [2.45, 2.75) is 79.8 Å². The number of alkyl halides is 3. The number of nitrogens with one attached hydrogen (secondary N) is 2. The first-order chi connectivity index (χ1) is 27.9. The van der Waals surface area contributed by atoms with Gasteiger partial charge in [-0.05, 0) is 79.6 Å². The fraction of sp³-hybridized carbons (Fsp3) is 0.390. The molecule has 0 unspecified atom stereocenters. The van der Waals surface area contributed by atoms with Crippen LogP contribution in [0.1, 0.15) is 54.9 Å². The maximum absolute atomic E-state index is 15.5. The molecule has 1 saturated heterocycles. The second kappa shape index (κ2) is 16.1. The van der Waals surface area contributed by atoms with Crippen LogP contribution in [0.3, 0.4) is 0 Å². The van der Waals surface area contributed by atoms with Crippen LogP contribution >= 0.6 is 0 Å². The van der Waals surface area contributed by atoms with E-state index in [-0.39, 0.29) is 48.5 Å². The highest BCUT2D eigenvalue weighted by atomic mass is 32.2. The van der Waals surface area contributed by atoms with Crippen LogP contribution in [0, 0.1) is 17.2 Å². The summed E-state index contributed by atoms with van der Waals surface area (Å²) in [5.74, 6) is -4.12. The summed E-state index contributed by atoms with van der Waals surface area (Å²) >= 11 is 0. The van der Waals surface area contributed by atoms with Gasteiger partial charge in [0.2, 0.25) is 5.91 Å². The molecule has 3 fully saturated rings. The second-order valence-electron chi connectivity index (χ2n) is 15.4. The first-order valence-corrected chi connectivity index (χ1v) is 20.4. The number of carbonyl (C=O) groups is 3. The number of amides is 2. The Morgan fingerprint density at radius 1 is 0.966 bits per heavy atom. The summed E-state index contributed by atoms with van der Waals surface area (Å²) in [6.07, 6.45) is 0.465. The molecule has 1 aliphatic heterocycles. The van der Waals surface area contributed by atoms with Crippen molar-refractivity contribution in [1.82, 2.24) is 5.32 Å². The third-order valence-corrected chi connectivity index (χ3v) is 13.2. The van der Waals surface area contributed by atoms with Crippen LogP contribution in [0.25, 0.3) is 10.8 Å². The van der Waals surface area contributed by atoms with Crippen LogP contribution in [0.4, 0.5) is 23.2 Å². The van der Waals surface area contributed by atoms with Gasteiger partial charge >= 0.3 is 11.5 Å². The Kier molecular flexibility index (Phi) is 11.5. The molecule has 3 aliphatic rings. The molecule has 2 N–H and O–H groups in total. The average Bonchev–Trinajstić information content (AvgIpc) is 3.71. The minimum Gasteiger partial charge on any atom is -0.496 e. The van der Waals surface area contributed by atoms with Crippen LogP contribution in [-0.4, -0.2) is 77.2 Å². The van der Waals surface area contributed by atoms with Gasteiger partial charge in [-0.3, -0.25) is 14.4 Å². The number of hydrogen-bond donors (Lipinski definition) is 2. The number of ether oxygens (including phenoxy) is 5. The molecule has 12 nitrogen and oxygen atoms in total. The first kappa shape index (κ1) is 41.9. The number of rotatable bonds is 11.